The van der Waals surface area contributed by atoms with E-state index in [1.807, 2.05) is 0 Å². The fraction of sp³-hybridized carbons (Fsp3) is 0.533. The quantitative estimate of drug-likeness (QED) is 0.900. The van der Waals surface area contributed by atoms with E-state index in [9.17, 15) is 9.18 Å². The molecule has 6 heteroatoms. The summed E-state index contributed by atoms with van der Waals surface area (Å²) in [6.45, 7) is 2.21. The number of hydrogen-bond donors (Lipinski definition) is 2. The Labute approximate surface area is 128 Å². The van der Waals surface area contributed by atoms with E-state index in [2.05, 4.69) is 15.5 Å². The van der Waals surface area contributed by atoms with Gasteiger partial charge in [-0.1, -0.05) is 11.6 Å². The summed E-state index contributed by atoms with van der Waals surface area (Å²) in [6, 6.07) is 5.32. The van der Waals surface area contributed by atoms with Crippen LogP contribution in [-0.4, -0.2) is 42.5 Å². The molecule has 1 aromatic rings. The van der Waals surface area contributed by atoms with E-state index in [1.54, 1.807) is 0 Å². The van der Waals surface area contributed by atoms with Crippen LogP contribution < -0.4 is 10.6 Å². The van der Waals surface area contributed by atoms with Gasteiger partial charge in [0.1, 0.15) is 5.82 Å². The second-order valence-electron chi connectivity index (χ2n) is 5.84. The van der Waals surface area contributed by atoms with Gasteiger partial charge >= 0.3 is 0 Å². The van der Waals surface area contributed by atoms with Gasteiger partial charge in [0, 0.05) is 30.9 Å². The van der Waals surface area contributed by atoms with Crippen LogP contribution in [-0.2, 0) is 4.79 Å². The molecule has 2 aliphatic heterocycles. The number of benzene rings is 1. The second-order valence-corrected chi connectivity index (χ2v) is 6.25. The average molecular weight is 312 g/mol. The van der Waals surface area contributed by atoms with E-state index in [-0.39, 0.29) is 10.9 Å². The molecule has 1 amide bonds. The second kappa shape index (κ2) is 6.30. The number of hydrogen-bond acceptors (Lipinski definition) is 3. The molecule has 2 N–H and O–H groups in total. The molecule has 0 aliphatic carbocycles. The minimum atomic E-state index is -0.482. The van der Waals surface area contributed by atoms with Crippen LogP contribution in [0.1, 0.15) is 19.3 Å². The number of fused-ring (bicyclic) bond motifs is 2. The van der Waals surface area contributed by atoms with Gasteiger partial charge in [0.05, 0.1) is 11.6 Å². The molecule has 1 aromatic carbocycles. The zero-order chi connectivity index (χ0) is 14.8. The van der Waals surface area contributed by atoms with Crippen LogP contribution in [0.5, 0.6) is 0 Å². The van der Waals surface area contributed by atoms with Crippen LogP contribution in [0.2, 0.25) is 5.02 Å². The third kappa shape index (κ3) is 3.73. The van der Waals surface area contributed by atoms with E-state index in [0.29, 0.717) is 24.3 Å². The van der Waals surface area contributed by atoms with E-state index in [0.717, 1.165) is 19.5 Å². The number of likely N-dealkylation sites (tertiary alicyclic amines) is 1. The average Bonchev–Trinajstić information content (AvgIpc) is 2.77. The van der Waals surface area contributed by atoms with Crippen LogP contribution >= 0.6 is 11.6 Å². The first-order valence-corrected chi connectivity index (χ1v) is 7.71. The highest BCUT2D eigenvalue weighted by Crippen LogP contribution is 2.21. The van der Waals surface area contributed by atoms with Gasteiger partial charge in [0.2, 0.25) is 5.91 Å². The van der Waals surface area contributed by atoms with Gasteiger partial charge in [-0.05, 0) is 37.5 Å². The van der Waals surface area contributed by atoms with Crippen molar-refractivity contribution in [2.75, 3.05) is 25.0 Å². The number of nitrogens with one attached hydrogen (secondary N) is 2. The zero-order valence-corrected chi connectivity index (χ0v) is 12.5. The lowest BCUT2D eigenvalue weighted by Crippen LogP contribution is -2.39. The highest BCUT2D eigenvalue weighted by molar-refractivity contribution is 6.31. The molecule has 2 aliphatic rings. The van der Waals surface area contributed by atoms with Gasteiger partial charge < -0.3 is 10.6 Å². The summed E-state index contributed by atoms with van der Waals surface area (Å²) >= 11 is 5.71. The van der Waals surface area contributed by atoms with Gasteiger partial charge in [-0.2, -0.15) is 0 Å². The maximum absolute atomic E-state index is 13.1. The van der Waals surface area contributed by atoms with Crippen LogP contribution in [0.15, 0.2) is 18.2 Å². The van der Waals surface area contributed by atoms with Crippen LogP contribution in [0.3, 0.4) is 0 Å². The Kier molecular flexibility index (Phi) is 4.42. The Hall–Kier alpha value is -1.17. The van der Waals surface area contributed by atoms with E-state index in [4.69, 9.17) is 11.6 Å². The number of rotatable bonds is 3. The van der Waals surface area contributed by atoms with Crippen molar-refractivity contribution in [3.63, 3.8) is 0 Å². The Morgan fingerprint density at radius 3 is 3.00 bits per heavy atom. The van der Waals surface area contributed by atoms with Crippen molar-refractivity contribution in [3.05, 3.63) is 29.0 Å². The largest absolute Gasteiger partial charge is 0.325 e. The molecule has 2 fully saturated rings. The van der Waals surface area contributed by atoms with Crippen molar-refractivity contribution in [1.29, 1.82) is 0 Å². The highest BCUT2D eigenvalue weighted by atomic mass is 35.5. The van der Waals surface area contributed by atoms with Gasteiger partial charge in [0.15, 0.2) is 0 Å². The highest BCUT2D eigenvalue weighted by Gasteiger charge is 2.29. The number of nitrogens with zero attached hydrogens (tertiary/aromatic N) is 1. The van der Waals surface area contributed by atoms with Crippen molar-refractivity contribution in [1.82, 2.24) is 10.2 Å². The molecule has 2 atom stereocenters. The molecule has 4 nitrogen and oxygen atoms in total. The molecule has 2 bridgehead atoms. The van der Waals surface area contributed by atoms with Crippen molar-refractivity contribution < 1.29 is 9.18 Å². The molecule has 0 saturated carbocycles. The maximum atomic E-state index is 13.1. The standard InChI is InChI=1S/C15H19ClFN3O/c16-13-7-11(3-4-14(13)17)19-15(21)9-20-6-5-10-1-2-12(8-20)18-10/h3-4,7,10,12,18H,1-2,5-6,8-9H2,(H,19,21). The normalized spacial score (nSPS) is 25.6. The summed E-state index contributed by atoms with van der Waals surface area (Å²) < 4.78 is 13.1. The van der Waals surface area contributed by atoms with Crippen molar-refractivity contribution in [3.8, 4) is 0 Å². The Morgan fingerprint density at radius 2 is 2.19 bits per heavy atom. The molecule has 0 aromatic heterocycles. The molecule has 0 spiro atoms. The predicted molar refractivity (Wildman–Crippen MR) is 81.0 cm³/mol. The lowest BCUT2D eigenvalue weighted by molar-refractivity contribution is -0.117. The molecule has 3 rings (SSSR count). The third-order valence-corrected chi connectivity index (χ3v) is 4.47. The molecule has 114 valence electrons. The number of amides is 1. The summed E-state index contributed by atoms with van der Waals surface area (Å²) in [7, 11) is 0. The monoisotopic (exact) mass is 311 g/mol. The number of carbonyl (C=O) groups excluding carboxylic acids is 1. The molecule has 2 heterocycles. The van der Waals surface area contributed by atoms with Crippen molar-refractivity contribution in [2.45, 2.75) is 31.3 Å². The fourth-order valence-corrected chi connectivity index (χ4v) is 3.32. The summed E-state index contributed by atoms with van der Waals surface area (Å²) in [6.07, 6.45) is 3.53. The minimum absolute atomic E-state index is 0.0177. The Morgan fingerprint density at radius 1 is 1.38 bits per heavy atom. The summed E-state index contributed by atoms with van der Waals surface area (Å²) in [5, 5.41) is 6.37. The van der Waals surface area contributed by atoms with Crippen molar-refractivity contribution >= 4 is 23.2 Å². The number of carbonyl (C=O) groups is 1. The minimum Gasteiger partial charge on any atom is -0.325 e. The Bertz CT molecular complexity index is 540. The van der Waals surface area contributed by atoms with Crippen molar-refractivity contribution in [2.24, 2.45) is 0 Å². The van der Waals surface area contributed by atoms with Crippen LogP contribution in [0.25, 0.3) is 0 Å². The summed E-state index contributed by atoms with van der Waals surface area (Å²) in [5.41, 5.74) is 0.529. The molecule has 21 heavy (non-hydrogen) atoms. The first-order valence-electron chi connectivity index (χ1n) is 7.33. The first kappa shape index (κ1) is 14.8. The predicted octanol–water partition coefficient (Wildman–Crippen LogP) is 2.24. The lowest BCUT2D eigenvalue weighted by Gasteiger charge is -2.23. The van der Waals surface area contributed by atoms with E-state index < -0.39 is 5.82 Å². The molecule has 2 unspecified atom stereocenters. The number of anilines is 1. The third-order valence-electron chi connectivity index (χ3n) is 4.18. The SMILES string of the molecule is O=C(CN1CCC2CCC(C1)N2)Nc1ccc(F)c(Cl)c1. The van der Waals surface area contributed by atoms with Gasteiger partial charge in [0.25, 0.3) is 0 Å². The van der Waals surface area contributed by atoms with Gasteiger partial charge in [-0.15, -0.1) is 0 Å². The smallest absolute Gasteiger partial charge is 0.238 e. The topological polar surface area (TPSA) is 44.4 Å². The summed E-state index contributed by atoms with van der Waals surface area (Å²) in [4.78, 5) is 14.3. The van der Waals surface area contributed by atoms with Gasteiger partial charge in [-0.25, -0.2) is 4.39 Å². The first-order chi connectivity index (χ1) is 10.1. The lowest BCUT2D eigenvalue weighted by atomic mass is 10.1. The molecular formula is C15H19ClFN3O. The van der Waals surface area contributed by atoms with Crippen LogP contribution in [0, 0.1) is 5.82 Å². The number of halogens is 2. The van der Waals surface area contributed by atoms with Crippen LogP contribution in [0.4, 0.5) is 10.1 Å². The maximum Gasteiger partial charge on any atom is 0.238 e. The van der Waals surface area contributed by atoms with Gasteiger partial charge in [-0.3, -0.25) is 9.69 Å². The van der Waals surface area contributed by atoms with E-state index >= 15 is 0 Å². The molecule has 2 saturated heterocycles. The molecular weight excluding hydrogens is 293 g/mol. The zero-order valence-electron chi connectivity index (χ0n) is 11.7. The van der Waals surface area contributed by atoms with E-state index in [1.165, 1.54) is 31.0 Å². The molecule has 0 radical (unpaired) electrons. The summed E-state index contributed by atoms with van der Waals surface area (Å²) in [5.74, 6) is -0.570. The Balaban J connectivity index is 1.55. The fourth-order valence-electron chi connectivity index (χ4n) is 3.14.